The van der Waals surface area contributed by atoms with Gasteiger partial charge in [-0.1, -0.05) is 47.7 Å². The van der Waals surface area contributed by atoms with E-state index in [-0.39, 0.29) is 18.9 Å². The smallest absolute Gasteiger partial charge is 0.306 e. The van der Waals surface area contributed by atoms with E-state index in [2.05, 4.69) is 0 Å². The molecule has 1 heterocycles. The normalized spacial score (nSPS) is 15.1. The van der Waals surface area contributed by atoms with E-state index in [1.165, 1.54) is 23.8 Å². The van der Waals surface area contributed by atoms with Gasteiger partial charge in [0.15, 0.2) is 15.8 Å². The summed E-state index contributed by atoms with van der Waals surface area (Å²) in [6.07, 6.45) is 1.64. The van der Waals surface area contributed by atoms with Gasteiger partial charge >= 0.3 is 5.97 Å². The maximum Gasteiger partial charge on any atom is 0.306 e. The number of carboxylic acid groups (broad SMARTS) is 1. The number of anilines is 1. The molecule has 1 fully saturated rings. The Kier molecular flexibility index (Phi) is 6.56. The molecule has 0 bridgehead atoms. The highest BCUT2D eigenvalue weighted by Gasteiger charge is 2.33. The van der Waals surface area contributed by atoms with E-state index >= 15 is 0 Å². The van der Waals surface area contributed by atoms with Crippen LogP contribution in [0.15, 0.2) is 47.4 Å². The third-order valence-corrected chi connectivity index (χ3v) is 5.45. The summed E-state index contributed by atoms with van der Waals surface area (Å²) < 4.78 is 11.3. The largest absolute Gasteiger partial charge is 0.493 e. The van der Waals surface area contributed by atoms with Crippen LogP contribution in [0.5, 0.6) is 11.5 Å². The van der Waals surface area contributed by atoms with Gasteiger partial charge in [-0.2, -0.15) is 0 Å². The quantitative estimate of drug-likeness (QED) is 0.520. The van der Waals surface area contributed by atoms with Crippen LogP contribution in [-0.2, 0) is 9.59 Å². The molecular weight excluding hydrogens is 410 g/mol. The number of hydrogen-bond donors (Lipinski definition) is 1. The molecule has 3 rings (SSSR count). The molecule has 0 aromatic heterocycles. The maximum atomic E-state index is 12.9. The average Bonchev–Trinajstić information content (AvgIpc) is 2.96. The number of rotatable bonds is 7. The first-order valence-corrected chi connectivity index (χ1v) is 9.99. The molecule has 2 aromatic carbocycles. The third-order valence-electron chi connectivity index (χ3n) is 4.14. The number of carboxylic acids is 1. The minimum Gasteiger partial charge on any atom is -0.493 e. The number of carbonyl (C=O) groups is 2. The van der Waals surface area contributed by atoms with Crippen molar-refractivity contribution in [3.05, 3.63) is 58.5 Å². The van der Waals surface area contributed by atoms with E-state index in [0.29, 0.717) is 20.7 Å². The molecule has 1 aliphatic heterocycles. The lowest BCUT2D eigenvalue weighted by Crippen LogP contribution is -2.27. The standard InChI is InChI=1S/C21H19NO5S2/c1-13-3-6-15(7-4-13)22-20(25)18(29-21(22)28)12-14-5-8-16(17(11-14)26-2)27-10-9-19(23)24/h3-8,11-12H,9-10H2,1-2H3,(H,23,24)/b18-12+. The molecule has 0 aliphatic carbocycles. The van der Waals surface area contributed by atoms with Crippen molar-refractivity contribution in [2.24, 2.45) is 0 Å². The fraction of sp³-hybridized carbons (Fsp3) is 0.190. The zero-order chi connectivity index (χ0) is 21.0. The number of thiocarbonyl (C=S) groups is 1. The number of carbonyl (C=O) groups excluding carboxylic acids is 1. The molecule has 0 atom stereocenters. The summed E-state index contributed by atoms with van der Waals surface area (Å²) in [5.74, 6) is -0.211. The molecule has 150 valence electrons. The van der Waals surface area contributed by atoms with Crippen LogP contribution >= 0.6 is 24.0 Å². The maximum absolute atomic E-state index is 12.9. The number of methoxy groups -OCH3 is 1. The Hall–Kier alpha value is -2.84. The van der Waals surface area contributed by atoms with Gasteiger partial charge in [0, 0.05) is 0 Å². The van der Waals surface area contributed by atoms with Gasteiger partial charge in [-0.25, -0.2) is 0 Å². The Labute approximate surface area is 178 Å². The van der Waals surface area contributed by atoms with Crippen molar-refractivity contribution in [3.63, 3.8) is 0 Å². The average molecular weight is 430 g/mol. The first kappa shape index (κ1) is 20.9. The van der Waals surface area contributed by atoms with E-state index in [1.54, 1.807) is 24.3 Å². The molecule has 6 nitrogen and oxygen atoms in total. The summed E-state index contributed by atoms with van der Waals surface area (Å²) in [6.45, 7) is 2.02. The summed E-state index contributed by atoms with van der Waals surface area (Å²) in [5.41, 5.74) is 2.59. The number of hydrogen-bond acceptors (Lipinski definition) is 6. The zero-order valence-corrected chi connectivity index (χ0v) is 17.5. The van der Waals surface area contributed by atoms with Gasteiger partial charge in [-0.15, -0.1) is 0 Å². The summed E-state index contributed by atoms with van der Waals surface area (Å²) in [7, 11) is 1.50. The molecule has 2 aromatic rings. The van der Waals surface area contributed by atoms with Crippen LogP contribution in [0.2, 0.25) is 0 Å². The van der Waals surface area contributed by atoms with E-state index < -0.39 is 5.97 Å². The van der Waals surface area contributed by atoms with Crippen molar-refractivity contribution in [3.8, 4) is 11.5 Å². The fourth-order valence-corrected chi connectivity index (χ4v) is 3.98. The SMILES string of the molecule is COc1cc(/C=C2/SC(=S)N(c3ccc(C)cc3)C2=O)ccc1OCCC(=O)O. The second-order valence-corrected chi connectivity index (χ2v) is 7.93. The summed E-state index contributed by atoms with van der Waals surface area (Å²) in [4.78, 5) is 25.5. The first-order chi connectivity index (χ1) is 13.9. The summed E-state index contributed by atoms with van der Waals surface area (Å²) in [6, 6.07) is 12.8. The lowest BCUT2D eigenvalue weighted by atomic mass is 10.1. The van der Waals surface area contributed by atoms with Crippen LogP contribution in [-0.4, -0.2) is 35.0 Å². The Bertz CT molecular complexity index is 985. The fourth-order valence-electron chi connectivity index (χ4n) is 2.68. The topological polar surface area (TPSA) is 76.1 Å². The highest BCUT2D eigenvalue weighted by Crippen LogP contribution is 2.37. The van der Waals surface area contributed by atoms with Gasteiger partial charge in [0.1, 0.15) is 0 Å². The lowest BCUT2D eigenvalue weighted by molar-refractivity contribution is -0.137. The number of amides is 1. The monoisotopic (exact) mass is 429 g/mol. The van der Waals surface area contributed by atoms with E-state index in [1.807, 2.05) is 31.2 Å². The molecule has 1 amide bonds. The van der Waals surface area contributed by atoms with Crippen LogP contribution in [0.4, 0.5) is 5.69 Å². The molecule has 8 heteroatoms. The van der Waals surface area contributed by atoms with Gasteiger partial charge in [0.2, 0.25) is 0 Å². The number of benzene rings is 2. The van der Waals surface area contributed by atoms with Crippen molar-refractivity contribution in [1.82, 2.24) is 0 Å². The van der Waals surface area contributed by atoms with Gasteiger partial charge in [-0.05, 0) is 42.8 Å². The molecule has 1 N–H and O–H groups in total. The molecule has 29 heavy (non-hydrogen) atoms. The van der Waals surface area contributed by atoms with Gasteiger partial charge in [0.25, 0.3) is 5.91 Å². The van der Waals surface area contributed by atoms with Gasteiger partial charge in [0.05, 0.1) is 30.7 Å². The summed E-state index contributed by atoms with van der Waals surface area (Å²) >= 11 is 6.64. The van der Waals surface area contributed by atoms with E-state index in [4.69, 9.17) is 26.8 Å². The molecule has 0 unspecified atom stereocenters. The van der Waals surface area contributed by atoms with Crippen LogP contribution in [0.1, 0.15) is 17.5 Å². The van der Waals surface area contributed by atoms with Crippen LogP contribution in [0, 0.1) is 6.92 Å². The highest BCUT2D eigenvalue weighted by atomic mass is 32.2. The lowest BCUT2D eigenvalue weighted by Gasteiger charge is -2.14. The van der Waals surface area contributed by atoms with Crippen molar-refractivity contribution in [2.75, 3.05) is 18.6 Å². The second kappa shape index (κ2) is 9.11. The van der Waals surface area contributed by atoms with E-state index in [0.717, 1.165) is 16.8 Å². The van der Waals surface area contributed by atoms with Crippen LogP contribution in [0.25, 0.3) is 6.08 Å². The zero-order valence-electron chi connectivity index (χ0n) is 15.9. The minimum atomic E-state index is -0.934. The number of ether oxygens (including phenoxy) is 2. The minimum absolute atomic E-state index is 0.0419. The number of aryl methyl sites for hydroxylation is 1. The van der Waals surface area contributed by atoms with Crippen molar-refractivity contribution < 1.29 is 24.2 Å². The number of thioether (sulfide) groups is 1. The van der Waals surface area contributed by atoms with Crippen LogP contribution < -0.4 is 14.4 Å². The number of nitrogens with zero attached hydrogens (tertiary/aromatic N) is 1. The Balaban J connectivity index is 1.80. The van der Waals surface area contributed by atoms with Gasteiger partial charge in [-0.3, -0.25) is 14.5 Å². The van der Waals surface area contributed by atoms with Gasteiger partial charge < -0.3 is 14.6 Å². The highest BCUT2D eigenvalue weighted by molar-refractivity contribution is 8.27. The Morgan fingerprint density at radius 1 is 1.21 bits per heavy atom. The van der Waals surface area contributed by atoms with Crippen LogP contribution in [0.3, 0.4) is 0 Å². The molecule has 1 saturated heterocycles. The second-order valence-electron chi connectivity index (χ2n) is 6.26. The molecule has 0 spiro atoms. The summed E-state index contributed by atoms with van der Waals surface area (Å²) in [5, 5.41) is 8.72. The molecule has 0 saturated carbocycles. The Morgan fingerprint density at radius 3 is 2.59 bits per heavy atom. The Morgan fingerprint density at radius 2 is 1.93 bits per heavy atom. The first-order valence-electron chi connectivity index (χ1n) is 8.76. The predicted molar refractivity (Wildman–Crippen MR) is 118 cm³/mol. The molecular formula is C21H19NO5S2. The number of aliphatic carboxylic acids is 1. The van der Waals surface area contributed by atoms with E-state index in [9.17, 15) is 9.59 Å². The third kappa shape index (κ3) is 4.96. The molecule has 0 radical (unpaired) electrons. The predicted octanol–water partition coefficient (Wildman–Crippen LogP) is 4.26. The van der Waals surface area contributed by atoms with Crippen molar-refractivity contribution >= 4 is 51.9 Å². The molecule has 1 aliphatic rings. The van der Waals surface area contributed by atoms with Crippen molar-refractivity contribution in [1.29, 1.82) is 0 Å². The van der Waals surface area contributed by atoms with Crippen molar-refractivity contribution in [2.45, 2.75) is 13.3 Å².